The third-order valence-electron chi connectivity index (χ3n) is 7.13. The van der Waals surface area contributed by atoms with Crippen molar-refractivity contribution in [2.75, 3.05) is 26.8 Å². The van der Waals surface area contributed by atoms with Crippen LogP contribution in [0.25, 0.3) is 21.7 Å². The Bertz CT molecular complexity index is 1740. The van der Waals surface area contributed by atoms with E-state index < -0.39 is 0 Å². The Hall–Kier alpha value is -4.75. The number of methoxy groups -OCH3 is 1. The molecule has 5 aromatic rings. The van der Waals surface area contributed by atoms with E-state index in [9.17, 15) is 14.4 Å². The zero-order valence-electron chi connectivity index (χ0n) is 23.2. The van der Waals surface area contributed by atoms with Gasteiger partial charge in [-0.15, -0.1) is 0 Å². The lowest BCUT2D eigenvalue weighted by atomic mass is 10.0. The van der Waals surface area contributed by atoms with Crippen LogP contribution in [0.2, 0.25) is 0 Å². The fraction of sp³-hybridized carbons (Fsp3) is 0.206. The lowest BCUT2D eigenvalue weighted by Crippen LogP contribution is -2.44. The van der Waals surface area contributed by atoms with Crippen LogP contribution < -0.4 is 5.43 Å². The smallest absolute Gasteiger partial charge is 0.255 e. The number of aryl methyl sites for hydroxylation is 1. The number of carbonyl (C=O) groups excluding carboxylic acids is 2. The molecular formula is C34H32N2O5. The molecule has 0 N–H and O–H groups in total. The van der Waals surface area contributed by atoms with Crippen molar-refractivity contribution in [2.45, 2.75) is 20.0 Å². The van der Waals surface area contributed by atoms with Crippen molar-refractivity contribution in [1.29, 1.82) is 0 Å². The molecule has 0 saturated heterocycles. The molecule has 0 bridgehead atoms. The summed E-state index contributed by atoms with van der Waals surface area (Å²) >= 11 is 0. The number of carbonyl (C=O) groups is 2. The van der Waals surface area contributed by atoms with Gasteiger partial charge in [0, 0.05) is 25.8 Å². The highest BCUT2D eigenvalue weighted by molar-refractivity contribution is 6.07. The molecule has 7 heteroatoms. The highest BCUT2D eigenvalue weighted by atomic mass is 16.5. The van der Waals surface area contributed by atoms with E-state index in [2.05, 4.69) is 0 Å². The zero-order valence-corrected chi connectivity index (χ0v) is 23.2. The molecule has 0 unspecified atom stereocenters. The minimum atomic E-state index is -0.290. The van der Waals surface area contributed by atoms with Gasteiger partial charge in [0.05, 0.1) is 30.4 Å². The maximum absolute atomic E-state index is 13.9. The van der Waals surface area contributed by atoms with Gasteiger partial charge in [-0.3, -0.25) is 14.4 Å². The number of hydrogen-bond acceptors (Lipinski definition) is 5. The lowest BCUT2D eigenvalue weighted by Gasteiger charge is -2.28. The van der Waals surface area contributed by atoms with E-state index >= 15 is 0 Å². The van der Waals surface area contributed by atoms with Gasteiger partial charge in [0.15, 0.2) is 5.43 Å². The van der Waals surface area contributed by atoms with Crippen LogP contribution in [0.1, 0.15) is 27.0 Å². The van der Waals surface area contributed by atoms with Crippen molar-refractivity contribution in [2.24, 2.45) is 0 Å². The van der Waals surface area contributed by atoms with E-state index in [1.807, 2.05) is 79.7 Å². The summed E-state index contributed by atoms with van der Waals surface area (Å²) in [5.41, 5.74) is 3.06. The monoisotopic (exact) mass is 548 g/mol. The van der Waals surface area contributed by atoms with Crippen LogP contribution in [0.4, 0.5) is 0 Å². The van der Waals surface area contributed by atoms with Crippen molar-refractivity contribution >= 4 is 33.6 Å². The molecule has 5 rings (SSSR count). The number of fused-ring (bicyclic) bond motifs is 2. The van der Waals surface area contributed by atoms with Gasteiger partial charge in [-0.2, -0.15) is 0 Å². The van der Waals surface area contributed by atoms with Gasteiger partial charge in [-0.1, -0.05) is 78.4 Å². The van der Waals surface area contributed by atoms with Crippen LogP contribution in [0.3, 0.4) is 0 Å². The fourth-order valence-electron chi connectivity index (χ4n) is 4.94. The molecule has 0 aliphatic carbocycles. The average molecular weight is 549 g/mol. The largest absolute Gasteiger partial charge is 0.464 e. The van der Waals surface area contributed by atoms with Gasteiger partial charge >= 0.3 is 0 Å². The first kappa shape index (κ1) is 27.8. The Labute approximate surface area is 238 Å². The summed E-state index contributed by atoms with van der Waals surface area (Å²) in [6, 6.07) is 28.3. The first-order chi connectivity index (χ1) is 19.9. The number of nitrogens with zero attached hydrogens (tertiary/aromatic N) is 2. The molecule has 2 amide bonds. The third kappa shape index (κ3) is 6.36. The van der Waals surface area contributed by atoms with E-state index in [1.54, 1.807) is 30.2 Å². The SMILES string of the molecule is COCCN(CC(=O)N(Cc1ccccc1)Cc1coc2ccc(C)cc2c1=O)C(=O)c1cccc2ccccc12. The quantitative estimate of drug-likeness (QED) is 0.228. The molecule has 41 heavy (non-hydrogen) atoms. The average Bonchev–Trinajstić information content (AvgIpc) is 3.00. The van der Waals surface area contributed by atoms with Crippen LogP contribution in [0, 0.1) is 6.92 Å². The van der Waals surface area contributed by atoms with Gasteiger partial charge in [0.25, 0.3) is 5.91 Å². The summed E-state index contributed by atoms with van der Waals surface area (Å²) in [7, 11) is 1.56. The molecule has 1 aromatic heterocycles. The summed E-state index contributed by atoms with van der Waals surface area (Å²) in [6.07, 6.45) is 1.43. The molecular weight excluding hydrogens is 516 g/mol. The van der Waals surface area contributed by atoms with Crippen LogP contribution in [-0.2, 0) is 22.6 Å². The predicted molar refractivity (Wildman–Crippen MR) is 160 cm³/mol. The molecule has 0 aliphatic rings. The van der Waals surface area contributed by atoms with Gasteiger partial charge in [-0.05, 0) is 41.5 Å². The van der Waals surface area contributed by atoms with E-state index in [0.717, 1.165) is 21.9 Å². The first-order valence-corrected chi connectivity index (χ1v) is 13.5. The third-order valence-corrected chi connectivity index (χ3v) is 7.13. The van der Waals surface area contributed by atoms with Gasteiger partial charge < -0.3 is 19.0 Å². The minimum Gasteiger partial charge on any atom is -0.464 e. The van der Waals surface area contributed by atoms with E-state index in [1.165, 1.54) is 11.2 Å². The van der Waals surface area contributed by atoms with Crippen molar-refractivity contribution in [3.63, 3.8) is 0 Å². The maximum atomic E-state index is 13.9. The Morgan fingerprint density at radius 1 is 0.829 bits per heavy atom. The highest BCUT2D eigenvalue weighted by Crippen LogP contribution is 2.21. The van der Waals surface area contributed by atoms with Crippen LogP contribution >= 0.6 is 0 Å². The van der Waals surface area contributed by atoms with E-state index in [4.69, 9.17) is 9.15 Å². The summed E-state index contributed by atoms with van der Waals surface area (Å²) in [6.45, 7) is 2.57. The van der Waals surface area contributed by atoms with Crippen molar-refractivity contribution in [3.8, 4) is 0 Å². The van der Waals surface area contributed by atoms with Crippen molar-refractivity contribution in [3.05, 3.63) is 130 Å². The summed E-state index contributed by atoms with van der Waals surface area (Å²) in [5.74, 6) is -0.546. The summed E-state index contributed by atoms with van der Waals surface area (Å²) in [5, 5.41) is 2.24. The standard InChI is InChI=1S/C34H32N2O5/c1-24-15-16-31-30(19-24)33(38)27(23-41-31)21-36(20-25-9-4-3-5-10-25)32(37)22-35(17-18-40-2)34(39)29-14-8-12-26-11-6-7-13-28(26)29/h3-16,19,23H,17-18,20-22H2,1-2H3. The first-order valence-electron chi connectivity index (χ1n) is 13.5. The minimum absolute atomic E-state index is 0.0422. The van der Waals surface area contributed by atoms with E-state index in [0.29, 0.717) is 22.1 Å². The molecule has 0 radical (unpaired) electrons. The van der Waals surface area contributed by atoms with Crippen LogP contribution in [0.5, 0.6) is 0 Å². The Balaban J connectivity index is 1.46. The molecule has 1 heterocycles. The lowest BCUT2D eigenvalue weighted by molar-refractivity contribution is -0.133. The molecule has 0 atom stereocenters. The molecule has 208 valence electrons. The van der Waals surface area contributed by atoms with Crippen molar-refractivity contribution < 1.29 is 18.7 Å². The zero-order chi connectivity index (χ0) is 28.8. The Morgan fingerprint density at radius 2 is 1.59 bits per heavy atom. The second-order valence-corrected chi connectivity index (χ2v) is 10.1. The second kappa shape index (κ2) is 12.6. The van der Waals surface area contributed by atoms with Gasteiger partial charge in [0.1, 0.15) is 12.1 Å². The summed E-state index contributed by atoms with van der Waals surface area (Å²) < 4.78 is 11.0. The number of amides is 2. The maximum Gasteiger partial charge on any atom is 0.255 e. The van der Waals surface area contributed by atoms with Crippen LogP contribution in [0.15, 0.2) is 106 Å². The molecule has 0 fully saturated rings. The Morgan fingerprint density at radius 3 is 2.39 bits per heavy atom. The topological polar surface area (TPSA) is 80.1 Å². The number of rotatable bonds is 10. The molecule has 0 saturated carbocycles. The molecule has 0 spiro atoms. The Kier molecular flexibility index (Phi) is 8.56. The highest BCUT2D eigenvalue weighted by Gasteiger charge is 2.25. The molecule has 0 aliphatic heterocycles. The number of hydrogen-bond donors (Lipinski definition) is 0. The molecule has 7 nitrogen and oxygen atoms in total. The fourth-order valence-corrected chi connectivity index (χ4v) is 4.94. The number of ether oxygens (including phenoxy) is 1. The predicted octanol–water partition coefficient (Wildman–Crippen LogP) is 5.57. The summed E-state index contributed by atoms with van der Waals surface area (Å²) in [4.78, 5) is 44.2. The normalized spacial score (nSPS) is 11.1. The van der Waals surface area contributed by atoms with Crippen LogP contribution in [-0.4, -0.2) is 48.4 Å². The number of benzene rings is 4. The van der Waals surface area contributed by atoms with E-state index in [-0.39, 0.29) is 50.0 Å². The van der Waals surface area contributed by atoms with Crippen molar-refractivity contribution in [1.82, 2.24) is 9.80 Å². The molecule has 4 aromatic carbocycles. The van der Waals surface area contributed by atoms with Gasteiger partial charge in [-0.25, -0.2) is 0 Å². The second-order valence-electron chi connectivity index (χ2n) is 10.1. The van der Waals surface area contributed by atoms with Gasteiger partial charge in [0.2, 0.25) is 5.91 Å².